The van der Waals surface area contributed by atoms with E-state index in [0.717, 1.165) is 19.3 Å². The summed E-state index contributed by atoms with van der Waals surface area (Å²) in [5.41, 5.74) is 0. The fourth-order valence-electron chi connectivity index (χ4n) is 2.69. The Balaban J connectivity index is 2.35. The maximum atomic E-state index is 11.9. The lowest BCUT2D eigenvalue weighted by Crippen LogP contribution is -2.58. The lowest BCUT2D eigenvalue weighted by Gasteiger charge is -2.39. The van der Waals surface area contributed by atoms with E-state index in [0.29, 0.717) is 0 Å². The summed E-state index contributed by atoms with van der Waals surface area (Å²) in [6, 6.07) is 0. The van der Waals surface area contributed by atoms with Gasteiger partial charge < -0.3 is 25.2 Å². The second-order valence-electron chi connectivity index (χ2n) is 6.14. The van der Waals surface area contributed by atoms with Crippen molar-refractivity contribution in [2.24, 2.45) is 0 Å². The molecule has 0 bridgehead atoms. The second kappa shape index (κ2) is 10.9. The molecule has 1 heterocycles. The Morgan fingerprint density at radius 1 is 1.00 bits per heavy atom. The fraction of sp³-hybridized carbons (Fsp3) is 0.824. The normalized spacial score (nSPS) is 31.6. The van der Waals surface area contributed by atoms with Crippen LogP contribution in [0, 0.1) is 0 Å². The number of allylic oxidation sites excluding steroid dienone is 2. The van der Waals surface area contributed by atoms with E-state index in [-0.39, 0.29) is 12.2 Å². The summed E-state index contributed by atoms with van der Waals surface area (Å²) >= 11 is 0. The number of ether oxygens (including phenoxy) is 1. The smallest absolute Gasteiger partial charge is 0.158 e. The minimum atomic E-state index is -1.43. The van der Waals surface area contributed by atoms with E-state index in [1.54, 1.807) is 0 Å². The first-order chi connectivity index (χ1) is 11.0. The number of aliphatic hydroxyl groups is 4. The van der Waals surface area contributed by atoms with E-state index < -0.39 is 37.1 Å². The lowest BCUT2D eigenvalue weighted by atomic mass is 9.92. The number of carbonyl (C=O) groups excluding carboxylic acids is 1. The van der Waals surface area contributed by atoms with Crippen LogP contribution in [-0.4, -0.2) is 63.3 Å². The highest BCUT2D eigenvalue weighted by Gasteiger charge is 2.43. The number of ketones is 1. The first kappa shape index (κ1) is 20.3. The molecule has 0 spiro atoms. The van der Waals surface area contributed by atoms with Gasteiger partial charge in [-0.1, -0.05) is 38.7 Å². The molecule has 23 heavy (non-hydrogen) atoms. The van der Waals surface area contributed by atoms with Gasteiger partial charge in [0.25, 0.3) is 0 Å². The van der Waals surface area contributed by atoms with E-state index in [4.69, 9.17) is 9.84 Å². The van der Waals surface area contributed by atoms with E-state index >= 15 is 0 Å². The molecule has 1 rings (SSSR count). The summed E-state index contributed by atoms with van der Waals surface area (Å²) in [7, 11) is 0. The number of aliphatic hydroxyl groups excluding tert-OH is 4. The fourth-order valence-corrected chi connectivity index (χ4v) is 2.69. The van der Waals surface area contributed by atoms with Crippen molar-refractivity contribution in [3.63, 3.8) is 0 Å². The first-order valence-corrected chi connectivity index (χ1v) is 8.51. The van der Waals surface area contributed by atoms with E-state index in [1.165, 1.54) is 25.3 Å². The van der Waals surface area contributed by atoms with Crippen molar-refractivity contribution in [3.05, 3.63) is 12.2 Å². The Bertz CT molecular complexity index is 368. The quantitative estimate of drug-likeness (QED) is 0.347. The minimum absolute atomic E-state index is 0.0895. The number of hydrogen-bond donors (Lipinski definition) is 4. The van der Waals surface area contributed by atoms with Crippen LogP contribution in [0.25, 0.3) is 0 Å². The van der Waals surface area contributed by atoms with Crippen molar-refractivity contribution in [1.29, 1.82) is 0 Å². The predicted octanol–water partition coefficient (Wildman–Crippen LogP) is 0.705. The van der Waals surface area contributed by atoms with Crippen LogP contribution in [0.1, 0.15) is 51.9 Å². The molecule has 0 saturated carbocycles. The molecule has 6 nitrogen and oxygen atoms in total. The molecule has 5 atom stereocenters. The Morgan fingerprint density at radius 3 is 2.30 bits per heavy atom. The highest BCUT2D eigenvalue weighted by atomic mass is 16.5. The van der Waals surface area contributed by atoms with Crippen molar-refractivity contribution in [1.82, 2.24) is 0 Å². The van der Waals surface area contributed by atoms with Crippen LogP contribution >= 0.6 is 0 Å². The molecule has 0 aromatic rings. The molecule has 1 fully saturated rings. The SMILES string of the molecule is CCCCCCC/C=C/C(=O)C[C@@H]1O[C@H](CO)[C@@H](O)[C@H](O)[C@@H]1O. The molecule has 0 aromatic carbocycles. The number of carbonyl (C=O) groups is 1. The molecule has 0 amide bonds. The van der Waals surface area contributed by atoms with Crippen LogP contribution in [0.4, 0.5) is 0 Å². The molecule has 1 aliphatic heterocycles. The van der Waals surface area contributed by atoms with Crippen molar-refractivity contribution in [2.75, 3.05) is 6.61 Å². The highest BCUT2D eigenvalue weighted by molar-refractivity contribution is 5.90. The average molecular weight is 330 g/mol. The van der Waals surface area contributed by atoms with Gasteiger partial charge in [-0.15, -0.1) is 0 Å². The molecule has 134 valence electrons. The van der Waals surface area contributed by atoms with Crippen LogP contribution in [0.15, 0.2) is 12.2 Å². The molecule has 4 N–H and O–H groups in total. The number of unbranched alkanes of at least 4 members (excludes halogenated alkanes) is 5. The third-order valence-electron chi connectivity index (χ3n) is 4.17. The Hall–Kier alpha value is -0.790. The van der Waals surface area contributed by atoms with E-state index in [1.807, 2.05) is 6.08 Å². The monoisotopic (exact) mass is 330 g/mol. The Kier molecular flexibility index (Phi) is 9.59. The molecule has 0 radical (unpaired) electrons. The second-order valence-corrected chi connectivity index (χ2v) is 6.14. The summed E-state index contributed by atoms with van der Waals surface area (Å²) < 4.78 is 5.31. The van der Waals surface area contributed by atoms with Gasteiger partial charge in [0, 0.05) is 6.42 Å². The number of rotatable bonds is 10. The maximum Gasteiger partial charge on any atom is 0.158 e. The molecule has 1 aliphatic rings. The molecule has 0 unspecified atom stereocenters. The third kappa shape index (κ3) is 6.69. The molecular weight excluding hydrogens is 300 g/mol. The zero-order chi connectivity index (χ0) is 17.2. The number of hydrogen-bond acceptors (Lipinski definition) is 6. The van der Waals surface area contributed by atoms with Gasteiger partial charge >= 0.3 is 0 Å². The van der Waals surface area contributed by atoms with Gasteiger partial charge in [0.2, 0.25) is 0 Å². The highest BCUT2D eigenvalue weighted by Crippen LogP contribution is 2.23. The van der Waals surface area contributed by atoms with Crippen LogP contribution in [0.2, 0.25) is 0 Å². The van der Waals surface area contributed by atoms with Gasteiger partial charge in [0.05, 0.1) is 12.7 Å². The Morgan fingerprint density at radius 2 is 1.65 bits per heavy atom. The van der Waals surface area contributed by atoms with Crippen LogP contribution in [0.3, 0.4) is 0 Å². The third-order valence-corrected chi connectivity index (χ3v) is 4.17. The largest absolute Gasteiger partial charge is 0.394 e. The van der Waals surface area contributed by atoms with Crippen LogP contribution in [0.5, 0.6) is 0 Å². The molecule has 1 saturated heterocycles. The topological polar surface area (TPSA) is 107 Å². The summed E-state index contributed by atoms with van der Waals surface area (Å²) in [5.74, 6) is -0.206. The van der Waals surface area contributed by atoms with Crippen molar-refractivity contribution in [3.8, 4) is 0 Å². The van der Waals surface area contributed by atoms with Gasteiger partial charge in [0.15, 0.2) is 5.78 Å². The first-order valence-electron chi connectivity index (χ1n) is 8.51. The van der Waals surface area contributed by atoms with E-state index in [2.05, 4.69) is 6.92 Å². The van der Waals surface area contributed by atoms with Crippen molar-refractivity contribution < 1.29 is 30.0 Å². The van der Waals surface area contributed by atoms with Crippen LogP contribution < -0.4 is 0 Å². The molecule has 0 aliphatic carbocycles. The minimum Gasteiger partial charge on any atom is -0.394 e. The standard InChI is InChI=1S/C17H30O6/c1-2-3-4-5-6-7-8-9-12(19)10-13-15(20)17(22)16(21)14(11-18)23-13/h8-9,13-18,20-22H,2-7,10-11H2,1H3/b9-8+/t13-,14+,15+,16+,17+/m0/s1. The zero-order valence-electron chi connectivity index (χ0n) is 13.8. The van der Waals surface area contributed by atoms with E-state index in [9.17, 15) is 20.1 Å². The van der Waals surface area contributed by atoms with Gasteiger partial charge in [-0.05, 0) is 18.9 Å². The lowest BCUT2D eigenvalue weighted by molar-refractivity contribution is -0.229. The summed E-state index contributed by atoms with van der Waals surface area (Å²) in [6.45, 7) is 1.68. The summed E-state index contributed by atoms with van der Waals surface area (Å²) in [4.78, 5) is 11.9. The average Bonchev–Trinajstić information content (AvgIpc) is 2.54. The van der Waals surface area contributed by atoms with Crippen molar-refractivity contribution in [2.45, 2.75) is 82.4 Å². The van der Waals surface area contributed by atoms with Gasteiger partial charge in [0.1, 0.15) is 24.4 Å². The predicted molar refractivity (Wildman–Crippen MR) is 85.9 cm³/mol. The summed E-state index contributed by atoms with van der Waals surface area (Å²) in [5, 5.41) is 38.3. The zero-order valence-corrected chi connectivity index (χ0v) is 13.8. The maximum absolute atomic E-state index is 11.9. The van der Waals surface area contributed by atoms with Gasteiger partial charge in [-0.3, -0.25) is 4.79 Å². The molecule has 0 aromatic heterocycles. The van der Waals surface area contributed by atoms with Gasteiger partial charge in [-0.25, -0.2) is 0 Å². The molecule has 6 heteroatoms. The Labute approximate surface area is 137 Å². The summed E-state index contributed by atoms with van der Waals surface area (Å²) in [6.07, 6.45) is 3.83. The molecular formula is C17H30O6. The van der Waals surface area contributed by atoms with Crippen molar-refractivity contribution >= 4 is 5.78 Å². The van der Waals surface area contributed by atoms with Gasteiger partial charge in [-0.2, -0.15) is 0 Å². The van der Waals surface area contributed by atoms with Crippen LogP contribution in [-0.2, 0) is 9.53 Å².